The molecule has 0 saturated carbocycles. The Balaban J connectivity index is 1.94. The van der Waals surface area contributed by atoms with Crippen LogP contribution in [-0.2, 0) is 23.5 Å². The third-order valence-electron chi connectivity index (χ3n) is 3.16. The molecule has 2 aromatic rings. The van der Waals surface area contributed by atoms with E-state index in [9.17, 15) is 8.42 Å². The van der Waals surface area contributed by atoms with Gasteiger partial charge in [0.1, 0.15) is 5.82 Å². The lowest BCUT2D eigenvalue weighted by atomic mass is 10.2. The molecule has 1 aromatic heterocycles. The number of benzene rings is 1. The van der Waals surface area contributed by atoms with E-state index in [2.05, 4.69) is 15.1 Å². The minimum absolute atomic E-state index is 0.274. The summed E-state index contributed by atoms with van der Waals surface area (Å²) >= 11 is 0. The van der Waals surface area contributed by atoms with Gasteiger partial charge in [0.25, 0.3) is 10.0 Å². The average molecular weight is 278 g/mol. The van der Waals surface area contributed by atoms with Crippen LogP contribution < -0.4 is 10.0 Å². The summed E-state index contributed by atoms with van der Waals surface area (Å²) < 4.78 is 28.6. The molecule has 0 radical (unpaired) electrons. The number of nitrogens with zero attached hydrogens (tertiary/aromatic N) is 2. The molecule has 2 heterocycles. The van der Waals surface area contributed by atoms with Crippen LogP contribution in [0.3, 0.4) is 0 Å². The molecule has 0 atom stereocenters. The maximum atomic E-state index is 12.3. The first-order valence-corrected chi connectivity index (χ1v) is 7.42. The summed E-state index contributed by atoms with van der Waals surface area (Å²) in [6, 6.07) is 6.75. The van der Waals surface area contributed by atoms with Gasteiger partial charge in [-0.3, -0.25) is 9.40 Å². The van der Waals surface area contributed by atoms with Gasteiger partial charge in [-0.25, -0.2) is 8.42 Å². The Morgan fingerprint density at radius 3 is 2.95 bits per heavy atom. The van der Waals surface area contributed by atoms with E-state index in [4.69, 9.17) is 0 Å². The Morgan fingerprint density at radius 2 is 2.21 bits per heavy atom. The van der Waals surface area contributed by atoms with E-state index in [1.165, 1.54) is 4.68 Å². The van der Waals surface area contributed by atoms with Crippen molar-refractivity contribution in [2.75, 3.05) is 16.6 Å². The lowest BCUT2D eigenvalue weighted by Crippen LogP contribution is -2.15. The molecule has 3 rings (SSSR count). The molecule has 2 N–H and O–H groups in total. The Kier molecular flexibility index (Phi) is 2.70. The summed E-state index contributed by atoms with van der Waals surface area (Å²) in [6.45, 7) is 0.855. The molecule has 1 aliphatic rings. The second-order valence-electron chi connectivity index (χ2n) is 4.44. The second-order valence-corrected chi connectivity index (χ2v) is 6.12. The summed E-state index contributed by atoms with van der Waals surface area (Å²) in [6.07, 6.45) is 2.40. The molecule has 0 aliphatic carbocycles. The molecule has 1 aliphatic heterocycles. The molecule has 19 heavy (non-hydrogen) atoms. The van der Waals surface area contributed by atoms with Crippen molar-refractivity contribution in [2.45, 2.75) is 11.3 Å². The van der Waals surface area contributed by atoms with E-state index in [0.717, 1.165) is 24.2 Å². The van der Waals surface area contributed by atoms with Crippen LogP contribution in [0.2, 0.25) is 0 Å². The van der Waals surface area contributed by atoms with Crippen LogP contribution in [0.4, 0.5) is 11.5 Å². The number of rotatable bonds is 3. The van der Waals surface area contributed by atoms with Gasteiger partial charge in [0.2, 0.25) is 0 Å². The standard InChI is InChI=1S/C12H14N4O2S/c1-16-12(5-7-14-16)15-19(17,18)10-2-3-11-9(8-10)4-6-13-11/h2-3,5,7-8,13,15H,4,6H2,1H3. The number of anilines is 2. The molecule has 0 unspecified atom stereocenters. The molecule has 1 aromatic carbocycles. The van der Waals surface area contributed by atoms with Crippen LogP contribution in [0.25, 0.3) is 0 Å². The highest BCUT2D eigenvalue weighted by atomic mass is 32.2. The summed E-state index contributed by atoms with van der Waals surface area (Å²) in [5.41, 5.74) is 2.05. The van der Waals surface area contributed by atoms with E-state index in [1.54, 1.807) is 37.5 Å². The van der Waals surface area contributed by atoms with Gasteiger partial charge >= 0.3 is 0 Å². The SMILES string of the molecule is Cn1nccc1NS(=O)(=O)c1ccc2c(c1)CCN2. The molecule has 100 valence electrons. The first-order chi connectivity index (χ1) is 9.06. The highest BCUT2D eigenvalue weighted by molar-refractivity contribution is 7.92. The third-order valence-corrected chi connectivity index (χ3v) is 4.51. The molecule has 6 nitrogen and oxygen atoms in total. The second kappa shape index (κ2) is 4.27. The van der Waals surface area contributed by atoms with Crippen molar-refractivity contribution in [3.8, 4) is 0 Å². The third kappa shape index (κ3) is 2.17. The number of hydrogen-bond acceptors (Lipinski definition) is 4. The average Bonchev–Trinajstić information content (AvgIpc) is 2.97. The van der Waals surface area contributed by atoms with Crippen molar-refractivity contribution in [2.24, 2.45) is 7.05 Å². The highest BCUT2D eigenvalue weighted by Crippen LogP contribution is 2.26. The van der Waals surface area contributed by atoms with Gasteiger partial charge in [-0.1, -0.05) is 0 Å². The van der Waals surface area contributed by atoms with Gasteiger partial charge in [0, 0.05) is 25.3 Å². The fourth-order valence-electron chi connectivity index (χ4n) is 2.12. The van der Waals surface area contributed by atoms with Crippen molar-refractivity contribution < 1.29 is 8.42 Å². The zero-order valence-corrected chi connectivity index (χ0v) is 11.2. The molecule has 0 bridgehead atoms. The molecule has 0 spiro atoms. The first-order valence-electron chi connectivity index (χ1n) is 5.94. The van der Waals surface area contributed by atoms with Gasteiger partial charge in [0.15, 0.2) is 0 Å². The maximum Gasteiger partial charge on any atom is 0.263 e. The van der Waals surface area contributed by atoms with Crippen molar-refractivity contribution in [1.82, 2.24) is 9.78 Å². The fraction of sp³-hybridized carbons (Fsp3) is 0.250. The predicted octanol–water partition coefficient (Wildman–Crippen LogP) is 1.19. The number of nitrogens with one attached hydrogen (secondary N) is 2. The Morgan fingerprint density at radius 1 is 1.37 bits per heavy atom. The topological polar surface area (TPSA) is 76.0 Å². The maximum absolute atomic E-state index is 12.3. The minimum atomic E-state index is -3.57. The molecule has 7 heteroatoms. The molecular formula is C12H14N4O2S. The van der Waals surface area contributed by atoms with Crippen molar-refractivity contribution in [3.63, 3.8) is 0 Å². The van der Waals surface area contributed by atoms with E-state index < -0.39 is 10.0 Å². The quantitative estimate of drug-likeness (QED) is 0.884. The summed E-state index contributed by atoms with van der Waals surface area (Å²) in [5, 5.41) is 7.14. The Bertz CT molecular complexity index is 721. The smallest absolute Gasteiger partial charge is 0.263 e. The van der Waals surface area contributed by atoms with Crippen LogP contribution >= 0.6 is 0 Å². The fourth-order valence-corrected chi connectivity index (χ4v) is 3.26. The normalized spacial score (nSPS) is 13.9. The van der Waals surface area contributed by atoms with E-state index in [0.29, 0.717) is 5.82 Å². The lowest BCUT2D eigenvalue weighted by Gasteiger charge is -2.09. The number of sulfonamides is 1. The van der Waals surface area contributed by atoms with Crippen molar-refractivity contribution in [1.29, 1.82) is 0 Å². The molecule has 0 amide bonds. The summed E-state index contributed by atoms with van der Waals surface area (Å²) in [4.78, 5) is 0.274. The van der Waals surface area contributed by atoms with E-state index >= 15 is 0 Å². The van der Waals surface area contributed by atoms with Crippen molar-refractivity contribution >= 4 is 21.5 Å². The monoisotopic (exact) mass is 278 g/mol. The molecular weight excluding hydrogens is 264 g/mol. The van der Waals surface area contributed by atoms with Crippen LogP contribution in [0.15, 0.2) is 35.4 Å². The van der Waals surface area contributed by atoms with Gasteiger partial charge in [-0.2, -0.15) is 5.10 Å². The van der Waals surface area contributed by atoms with E-state index in [1.807, 2.05) is 0 Å². The molecule has 0 saturated heterocycles. The number of aryl methyl sites for hydroxylation is 1. The van der Waals surface area contributed by atoms with E-state index in [-0.39, 0.29) is 4.90 Å². The number of fused-ring (bicyclic) bond motifs is 1. The van der Waals surface area contributed by atoms with Gasteiger partial charge < -0.3 is 5.32 Å². The minimum Gasteiger partial charge on any atom is -0.384 e. The zero-order chi connectivity index (χ0) is 13.5. The number of hydrogen-bond donors (Lipinski definition) is 2. The summed E-state index contributed by atoms with van der Waals surface area (Å²) in [7, 11) is -1.88. The Hall–Kier alpha value is -2.02. The van der Waals surface area contributed by atoms with Crippen LogP contribution in [0, 0.1) is 0 Å². The predicted molar refractivity (Wildman–Crippen MR) is 72.7 cm³/mol. The zero-order valence-electron chi connectivity index (χ0n) is 10.4. The summed E-state index contributed by atoms with van der Waals surface area (Å²) in [5.74, 6) is 0.443. The first kappa shape index (κ1) is 12.0. The van der Waals surface area contributed by atoms with Crippen LogP contribution in [0.5, 0.6) is 0 Å². The van der Waals surface area contributed by atoms with Gasteiger partial charge in [-0.15, -0.1) is 0 Å². The highest BCUT2D eigenvalue weighted by Gasteiger charge is 2.19. The van der Waals surface area contributed by atoms with Gasteiger partial charge in [0.05, 0.1) is 11.1 Å². The van der Waals surface area contributed by atoms with Crippen molar-refractivity contribution in [3.05, 3.63) is 36.0 Å². The van der Waals surface area contributed by atoms with Crippen LogP contribution in [-0.4, -0.2) is 24.7 Å². The number of aromatic nitrogens is 2. The molecule has 0 fully saturated rings. The Labute approximate surface area is 111 Å². The van der Waals surface area contributed by atoms with Gasteiger partial charge in [-0.05, 0) is 30.2 Å². The largest absolute Gasteiger partial charge is 0.384 e. The van der Waals surface area contributed by atoms with Crippen LogP contribution in [0.1, 0.15) is 5.56 Å². The lowest BCUT2D eigenvalue weighted by molar-refractivity contribution is 0.600.